The number of hydrogen-bond donors (Lipinski definition) is 1. The molecule has 0 fully saturated rings. The van der Waals surface area contributed by atoms with Gasteiger partial charge >= 0.3 is 0 Å². The van der Waals surface area contributed by atoms with Crippen molar-refractivity contribution < 1.29 is 0 Å². The monoisotopic (exact) mass is 295 g/mol. The maximum absolute atomic E-state index is 3.82. The zero-order valence-electron chi connectivity index (χ0n) is 10.8. The number of halogens is 1. The molecule has 1 aromatic rings. The molecular formula is C15H22BrN. The summed E-state index contributed by atoms with van der Waals surface area (Å²) in [6, 6.07) is 9.29. The van der Waals surface area contributed by atoms with Crippen LogP contribution in [0.5, 0.6) is 0 Å². The summed E-state index contributed by atoms with van der Waals surface area (Å²) in [7, 11) is 0. The molecule has 0 spiro atoms. The van der Waals surface area contributed by atoms with Crippen LogP contribution in [0.25, 0.3) is 0 Å². The summed E-state index contributed by atoms with van der Waals surface area (Å²) in [4.78, 5) is 0. The zero-order chi connectivity index (χ0) is 12.7. The summed E-state index contributed by atoms with van der Waals surface area (Å²) in [5.41, 5.74) is 2.77. The van der Waals surface area contributed by atoms with Crippen LogP contribution in [0, 0.1) is 0 Å². The fraction of sp³-hybridized carbons (Fsp3) is 0.467. The Morgan fingerprint density at radius 3 is 2.53 bits per heavy atom. The lowest BCUT2D eigenvalue weighted by atomic mass is 10.0. The molecule has 1 aromatic carbocycles. The number of nitrogens with one attached hydrogen (secondary N) is 1. The van der Waals surface area contributed by atoms with Crippen LogP contribution in [0.2, 0.25) is 0 Å². The molecule has 1 N–H and O–H groups in total. The first-order valence-corrected chi connectivity index (χ1v) is 7.08. The SMILES string of the molecule is C=C(Br)CNC(C)c1ccc(CCCC)cc1. The van der Waals surface area contributed by atoms with E-state index in [1.165, 1.54) is 30.4 Å². The predicted molar refractivity (Wildman–Crippen MR) is 79.5 cm³/mol. The van der Waals surface area contributed by atoms with Gasteiger partial charge in [-0.05, 0) is 30.9 Å². The van der Waals surface area contributed by atoms with Crippen molar-refractivity contribution in [2.45, 2.75) is 39.2 Å². The number of rotatable bonds is 7. The summed E-state index contributed by atoms with van der Waals surface area (Å²) in [6.07, 6.45) is 3.72. The summed E-state index contributed by atoms with van der Waals surface area (Å²) >= 11 is 3.36. The third kappa shape index (κ3) is 5.51. The van der Waals surface area contributed by atoms with E-state index in [4.69, 9.17) is 0 Å². The van der Waals surface area contributed by atoms with Crippen LogP contribution in [0.3, 0.4) is 0 Å². The first-order chi connectivity index (χ1) is 8.13. The van der Waals surface area contributed by atoms with E-state index in [0.29, 0.717) is 6.04 Å². The van der Waals surface area contributed by atoms with Crippen molar-refractivity contribution in [1.82, 2.24) is 5.32 Å². The van der Waals surface area contributed by atoms with E-state index in [1.54, 1.807) is 0 Å². The minimum Gasteiger partial charge on any atom is -0.306 e. The molecule has 0 aliphatic carbocycles. The Bertz CT molecular complexity index is 342. The molecule has 1 unspecified atom stereocenters. The summed E-state index contributed by atoms with van der Waals surface area (Å²) in [5, 5.41) is 3.41. The van der Waals surface area contributed by atoms with Crippen LogP contribution in [-0.4, -0.2) is 6.54 Å². The van der Waals surface area contributed by atoms with Crippen LogP contribution in [0.15, 0.2) is 35.3 Å². The molecule has 0 heterocycles. The van der Waals surface area contributed by atoms with Gasteiger partial charge < -0.3 is 5.32 Å². The second kappa shape index (κ2) is 7.67. The first kappa shape index (κ1) is 14.5. The average molecular weight is 296 g/mol. The van der Waals surface area contributed by atoms with Crippen LogP contribution in [0.4, 0.5) is 0 Å². The van der Waals surface area contributed by atoms with Crippen molar-refractivity contribution in [2.24, 2.45) is 0 Å². The maximum atomic E-state index is 3.82. The van der Waals surface area contributed by atoms with E-state index < -0.39 is 0 Å². The van der Waals surface area contributed by atoms with Crippen molar-refractivity contribution in [2.75, 3.05) is 6.54 Å². The maximum Gasteiger partial charge on any atom is 0.0295 e. The fourth-order valence-corrected chi connectivity index (χ4v) is 1.90. The van der Waals surface area contributed by atoms with Crippen molar-refractivity contribution in [1.29, 1.82) is 0 Å². The highest BCUT2D eigenvalue weighted by Gasteiger charge is 2.04. The smallest absolute Gasteiger partial charge is 0.0295 e. The standard InChI is InChI=1S/C15H22BrN/c1-4-5-6-14-7-9-15(10-8-14)13(3)17-11-12(2)16/h7-10,13,17H,2,4-6,11H2,1,3H3. The molecule has 0 saturated heterocycles. The predicted octanol–water partition coefficient (Wildman–Crippen LogP) is 4.59. The number of benzene rings is 1. The molecule has 0 radical (unpaired) electrons. The van der Waals surface area contributed by atoms with Gasteiger partial charge in [0.1, 0.15) is 0 Å². The molecule has 0 amide bonds. The summed E-state index contributed by atoms with van der Waals surface area (Å²) in [6.45, 7) is 9.03. The molecule has 2 heteroatoms. The Kier molecular flexibility index (Phi) is 6.53. The molecule has 1 nitrogen and oxygen atoms in total. The highest BCUT2D eigenvalue weighted by Crippen LogP contribution is 2.15. The molecule has 17 heavy (non-hydrogen) atoms. The van der Waals surface area contributed by atoms with E-state index in [9.17, 15) is 0 Å². The molecule has 1 rings (SSSR count). The Balaban J connectivity index is 2.51. The minimum atomic E-state index is 0.365. The highest BCUT2D eigenvalue weighted by molar-refractivity contribution is 9.11. The lowest BCUT2D eigenvalue weighted by Crippen LogP contribution is -2.19. The second-order valence-corrected chi connectivity index (χ2v) is 5.59. The molecule has 1 atom stereocenters. The van der Waals surface area contributed by atoms with Gasteiger partial charge in [0, 0.05) is 17.1 Å². The topological polar surface area (TPSA) is 12.0 Å². The van der Waals surface area contributed by atoms with Gasteiger partial charge in [-0.2, -0.15) is 0 Å². The van der Waals surface area contributed by atoms with Gasteiger partial charge in [-0.1, -0.05) is 60.1 Å². The Morgan fingerprint density at radius 1 is 1.35 bits per heavy atom. The fourth-order valence-electron chi connectivity index (χ4n) is 1.74. The largest absolute Gasteiger partial charge is 0.306 e. The van der Waals surface area contributed by atoms with Gasteiger partial charge in [-0.3, -0.25) is 0 Å². The van der Waals surface area contributed by atoms with E-state index in [2.05, 4.69) is 65.9 Å². The Hall–Kier alpha value is -0.600. The summed E-state index contributed by atoms with van der Waals surface area (Å²) < 4.78 is 0.990. The molecule has 0 aliphatic rings. The third-order valence-electron chi connectivity index (χ3n) is 2.90. The lowest BCUT2D eigenvalue weighted by molar-refractivity contribution is 0.615. The van der Waals surface area contributed by atoms with Crippen molar-refractivity contribution in [3.05, 3.63) is 46.5 Å². The molecule has 0 aliphatic heterocycles. The molecule has 0 aromatic heterocycles. The van der Waals surface area contributed by atoms with Gasteiger partial charge in [-0.15, -0.1) is 0 Å². The van der Waals surface area contributed by atoms with Gasteiger partial charge in [0.25, 0.3) is 0 Å². The number of aryl methyl sites for hydroxylation is 1. The van der Waals surface area contributed by atoms with E-state index in [1.807, 2.05) is 0 Å². The van der Waals surface area contributed by atoms with Gasteiger partial charge in [0.05, 0.1) is 0 Å². The third-order valence-corrected chi connectivity index (χ3v) is 3.18. The highest BCUT2D eigenvalue weighted by atomic mass is 79.9. The van der Waals surface area contributed by atoms with Crippen LogP contribution >= 0.6 is 15.9 Å². The number of hydrogen-bond acceptors (Lipinski definition) is 1. The Morgan fingerprint density at radius 2 is 2.00 bits per heavy atom. The van der Waals surface area contributed by atoms with E-state index in [0.717, 1.165) is 11.0 Å². The van der Waals surface area contributed by atoms with Crippen molar-refractivity contribution in [3.63, 3.8) is 0 Å². The average Bonchev–Trinajstić information content (AvgIpc) is 2.34. The number of unbranched alkanes of at least 4 members (excludes halogenated alkanes) is 1. The molecule has 0 saturated carbocycles. The zero-order valence-corrected chi connectivity index (χ0v) is 12.4. The van der Waals surface area contributed by atoms with Crippen LogP contribution in [-0.2, 0) is 6.42 Å². The lowest BCUT2D eigenvalue weighted by Gasteiger charge is -2.14. The van der Waals surface area contributed by atoms with Crippen LogP contribution < -0.4 is 5.32 Å². The second-order valence-electron chi connectivity index (χ2n) is 4.46. The van der Waals surface area contributed by atoms with Gasteiger partial charge in [0.15, 0.2) is 0 Å². The molecule has 0 bridgehead atoms. The van der Waals surface area contributed by atoms with Gasteiger partial charge in [-0.25, -0.2) is 0 Å². The Labute approximate surface area is 113 Å². The normalized spacial score (nSPS) is 12.4. The van der Waals surface area contributed by atoms with E-state index in [-0.39, 0.29) is 0 Å². The van der Waals surface area contributed by atoms with Crippen molar-refractivity contribution in [3.8, 4) is 0 Å². The first-order valence-electron chi connectivity index (χ1n) is 6.29. The van der Waals surface area contributed by atoms with E-state index >= 15 is 0 Å². The summed E-state index contributed by atoms with van der Waals surface area (Å²) in [5.74, 6) is 0. The molecule has 94 valence electrons. The van der Waals surface area contributed by atoms with Gasteiger partial charge in [0.2, 0.25) is 0 Å². The van der Waals surface area contributed by atoms with Crippen molar-refractivity contribution >= 4 is 15.9 Å². The quantitative estimate of drug-likeness (QED) is 0.776. The minimum absolute atomic E-state index is 0.365. The molecular weight excluding hydrogens is 274 g/mol. The van der Waals surface area contributed by atoms with Crippen LogP contribution in [0.1, 0.15) is 43.9 Å².